The van der Waals surface area contributed by atoms with E-state index in [-0.39, 0.29) is 29.1 Å². The van der Waals surface area contributed by atoms with Crippen LogP contribution in [0.1, 0.15) is 38.3 Å². The van der Waals surface area contributed by atoms with Crippen LogP contribution in [0.25, 0.3) is 0 Å². The second-order valence-corrected chi connectivity index (χ2v) is 12.6. The van der Waals surface area contributed by atoms with E-state index in [0.717, 1.165) is 9.87 Å². The van der Waals surface area contributed by atoms with Crippen LogP contribution in [0.15, 0.2) is 71.6 Å². The van der Waals surface area contributed by atoms with Crippen LogP contribution in [-0.4, -0.2) is 50.9 Å². The number of hydrogen-bond acceptors (Lipinski definition) is 5. The van der Waals surface area contributed by atoms with Crippen LogP contribution >= 0.6 is 23.2 Å². The number of carbonyl (C=O) groups is 2. The number of ether oxygens (including phenoxy) is 1. The molecule has 3 aromatic carbocycles. The summed E-state index contributed by atoms with van der Waals surface area (Å²) < 4.78 is 34.1. The zero-order valence-corrected chi connectivity index (χ0v) is 26.1. The van der Waals surface area contributed by atoms with Gasteiger partial charge >= 0.3 is 0 Å². The van der Waals surface area contributed by atoms with Crippen molar-refractivity contribution in [1.29, 1.82) is 0 Å². The minimum absolute atomic E-state index is 0.0279. The van der Waals surface area contributed by atoms with Crippen molar-refractivity contribution in [1.82, 2.24) is 10.2 Å². The molecule has 0 fully saturated rings. The maximum Gasteiger partial charge on any atom is 0.264 e. The third kappa shape index (κ3) is 8.15. The summed E-state index contributed by atoms with van der Waals surface area (Å²) in [6.07, 6.45) is 0.294. The van der Waals surface area contributed by atoms with Crippen molar-refractivity contribution >= 4 is 50.7 Å². The summed E-state index contributed by atoms with van der Waals surface area (Å²) >= 11 is 12.5. The second-order valence-electron chi connectivity index (χ2n) is 9.87. The van der Waals surface area contributed by atoms with Gasteiger partial charge in [0.05, 0.1) is 17.7 Å². The van der Waals surface area contributed by atoms with Crippen LogP contribution < -0.4 is 14.4 Å². The zero-order chi connectivity index (χ0) is 30.3. The summed E-state index contributed by atoms with van der Waals surface area (Å²) in [5.41, 5.74) is 1.73. The van der Waals surface area contributed by atoms with E-state index in [0.29, 0.717) is 27.8 Å². The monoisotopic (exact) mass is 619 g/mol. The first kappa shape index (κ1) is 32.2. The number of halogens is 2. The van der Waals surface area contributed by atoms with Crippen molar-refractivity contribution in [2.75, 3.05) is 18.0 Å². The molecule has 0 aliphatic rings. The first-order chi connectivity index (χ1) is 19.4. The number of anilines is 1. The number of benzene rings is 3. The highest BCUT2D eigenvalue weighted by atomic mass is 35.5. The van der Waals surface area contributed by atoms with E-state index in [9.17, 15) is 18.0 Å². The SMILES string of the molecule is CC[C@H](C(=O)NC(C)C)N(Cc1ccc(Cl)cc1Cl)C(=O)CN(c1ccc(OC)cc1)S(=O)(=O)c1ccc(C)cc1. The predicted octanol–water partition coefficient (Wildman–Crippen LogP) is 5.84. The molecular formula is C30H35Cl2N3O5S. The molecule has 0 radical (unpaired) electrons. The van der Waals surface area contributed by atoms with Gasteiger partial charge in [-0.2, -0.15) is 0 Å². The van der Waals surface area contributed by atoms with Gasteiger partial charge in [-0.3, -0.25) is 13.9 Å². The third-order valence-corrected chi connectivity index (χ3v) is 8.80. The first-order valence-corrected chi connectivity index (χ1v) is 15.3. The van der Waals surface area contributed by atoms with Crippen LogP contribution in [0, 0.1) is 6.92 Å². The Morgan fingerprint density at radius 1 is 0.976 bits per heavy atom. The van der Waals surface area contributed by atoms with Crippen molar-refractivity contribution in [2.24, 2.45) is 0 Å². The molecule has 0 bridgehead atoms. The Hall–Kier alpha value is -3.27. The third-order valence-electron chi connectivity index (χ3n) is 6.42. The summed E-state index contributed by atoms with van der Waals surface area (Å²) in [6, 6.07) is 16.6. The Labute approximate surface area is 252 Å². The van der Waals surface area contributed by atoms with E-state index in [1.54, 1.807) is 61.5 Å². The molecule has 11 heteroatoms. The number of nitrogens with one attached hydrogen (secondary N) is 1. The first-order valence-electron chi connectivity index (χ1n) is 13.1. The van der Waals surface area contributed by atoms with E-state index < -0.39 is 28.5 Å². The molecule has 0 aliphatic heterocycles. The van der Waals surface area contributed by atoms with Crippen LogP contribution in [0.5, 0.6) is 5.75 Å². The fraction of sp³-hybridized carbons (Fsp3) is 0.333. The average molecular weight is 621 g/mol. The molecule has 1 atom stereocenters. The topological polar surface area (TPSA) is 96.0 Å². The van der Waals surface area contributed by atoms with E-state index in [2.05, 4.69) is 5.32 Å². The van der Waals surface area contributed by atoms with Crippen molar-refractivity contribution in [2.45, 2.75) is 57.6 Å². The molecular weight excluding hydrogens is 585 g/mol. The number of hydrogen-bond donors (Lipinski definition) is 1. The molecule has 0 aliphatic carbocycles. The van der Waals surface area contributed by atoms with Gasteiger partial charge in [0, 0.05) is 22.6 Å². The van der Waals surface area contributed by atoms with Gasteiger partial charge in [0.1, 0.15) is 18.3 Å². The summed E-state index contributed by atoms with van der Waals surface area (Å²) in [5, 5.41) is 3.62. The lowest BCUT2D eigenvalue weighted by Gasteiger charge is -2.33. The number of methoxy groups -OCH3 is 1. The number of aryl methyl sites for hydroxylation is 1. The largest absolute Gasteiger partial charge is 0.497 e. The lowest BCUT2D eigenvalue weighted by Crippen LogP contribution is -2.53. The van der Waals surface area contributed by atoms with Crippen molar-refractivity contribution < 1.29 is 22.7 Å². The van der Waals surface area contributed by atoms with Gasteiger partial charge in [-0.15, -0.1) is 0 Å². The second kappa shape index (κ2) is 14.1. The highest BCUT2D eigenvalue weighted by molar-refractivity contribution is 7.92. The molecule has 0 saturated heterocycles. The molecule has 1 N–H and O–H groups in total. The minimum Gasteiger partial charge on any atom is -0.497 e. The molecule has 0 aromatic heterocycles. The van der Waals surface area contributed by atoms with Gasteiger partial charge in [0.15, 0.2) is 0 Å². The van der Waals surface area contributed by atoms with E-state index in [1.165, 1.54) is 24.1 Å². The number of nitrogens with zero attached hydrogens (tertiary/aromatic N) is 2. The minimum atomic E-state index is -4.18. The maximum atomic E-state index is 14.1. The summed E-state index contributed by atoms with van der Waals surface area (Å²) in [4.78, 5) is 28.7. The molecule has 2 amide bonds. The molecule has 0 unspecified atom stereocenters. The Kier molecular flexibility index (Phi) is 11.1. The fourth-order valence-corrected chi connectivity index (χ4v) is 6.13. The van der Waals surface area contributed by atoms with Gasteiger partial charge in [-0.05, 0) is 81.3 Å². The van der Waals surface area contributed by atoms with Crippen LogP contribution in [0.4, 0.5) is 5.69 Å². The van der Waals surface area contributed by atoms with Gasteiger partial charge in [0.2, 0.25) is 11.8 Å². The van der Waals surface area contributed by atoms with Gasteiger partial charge in [-0.25, -0.2) is 8.42 Å². The number of carbonyl (C=O) groups excluding carboxylic acids is 2. The molecule has 220 valence electrons. The maximum absolute atomic E-state index is 14.1. The average Bonchev–Trinajstić information content (AvgIpc) is 2.92. The summed E-state index contributed by atoms with van der Waals surface area (Å²) in [6.45, 7) is 6.71. The van der Waals surface area contributed by atoms with E-state index in [4.69, 9.17) is 27.9 Å². The molecule has 3 rings (SSSR count). The highest BCUT2D eigenvalue weighted by Crippen LogP contribution is 2.28. The van der Waals surface area contributed by atoms with Crippen molar-refractivity contribution in [3.63, 3.8) is 0 Å². The van der Waals surface area contributed by atoms with Crippen molar-refractivity contribution in [3.8, 4) is 5.75 Å². The lowest BCUT2D eigenvalue weighted by molar-refractivity contribution is -0.140. The molecule has 0 spiro atoms. The smallest absolute Gasteiger partial charge is 0.264 e. The number of sulfonamides is 1. The van der Waals surface area contributed by atoms with E-state index >= 15 is 0 Å². The van der Waals surface area contributed by atoms with Gasteiger partial charge in [0.25, 0.3) is 10.0 Å². The van der Waals surface area contributed by atoms with Gasteiger partial charge < -0.3 is 15.0 Å². The Balaban J connectivity index is 2.09. The quantitative estimate of drug-likeness (QED) is 0.275. The van der Waals surface area contributed by atoms with Crippen LogP contribution in [0.3, 0.4) is 0 Å². The molecule has 0 saturated carbocycles. The lowest BCUT2D eigenvalue weighted by atomic mass is 10.1. The fourth-order valence-electron chi connectivity index (χ4n) is 4.25. The Bertz CT molecular complexity index is 1460. The number of rotatable bonds is 12. The molecule has 3 aromatic rings. The number of amides is 2. The highest BCUT2D eigenvalue weighted by Gasteiger charge is 2.34. The summed E-state index contributed by atoms with van der Waals surface area (Å²) in [7, 11) is -2.67. The van der Waals surface area contributed by atoms with Crippen LogP contribution in [0.2, 0.25) is 10.0 Å². The summed E-state index contributed by atoms with van der Waals surface area (Å²) in [5.74, 6) is -0.394. The van der Waals surface area contributed by atoms with Gasteiger partial charge in [-0.1, -0.05) is 53.9 Å². The standard InChI is InChI=1S/C30H35Cl2N3O5S/c1-6-28(30(37)33-20(2)3)34(18-22-9-10-23(31)17-27(22)32)29(36)19-35(24-11-13-25(40-5)14-12-24)41(38,39)26-15-7-21(4)8-16-26/h7-17,20,28H,6,18-19H2,1-5H3,(H,33,37)/t28-/m1/s1. The molecule has 8 nitrogen and oxygen atoms in total. The Morgan fingerprint density at radius 3 is 2.15 bits per heavy atom. The molecule has 41 heavy (non-hydrogen) atoms. The molecule has 0 heterocycles. The van der Waals surface area contributed by atoms with Crippen molar-refractivity contribution in [3.05, 3.63) is 87.9 Å². The predicted molar refractivity (Wildman–Crippen MR) is 163 cm³/mol. The Morgan fingerprint density at radius 2 is 1.61 bits per heavy atom. The van der Waals surface area contributed by atoms with Crippen LogP contribution in [-0.2, 0) is 26.2 Å². The normalized spacial score (nSPS) is 12.1. The van der Waals surface area contributed by atoms with E-state index in [1.807, 2.05) is 20.8 Å². The zero-order valence-electron chi connectivity index (χ0n) is 23.7.